The van der Waals surface area contributed by atoms with Crippen LogP contribution in [0.3, 0.4) is 0 Å². The average molecular weight is 453 g/mol. The molecule has 1 fully saturated rings. The molecule has 9 heteroatoms. The molecule has 0 spiro atoms. The van der Waals surface area contributed by atoms with Crippen LogP contribution in [0.4, 0.5) is 0 Å². The van der Waals surface area contributed by atoms with E-state index in [9.17, 15) is 14.7 Å². The molecule has 3 heterocycles. The van der Waals surface area contributed by atoms with Gasteiger partial charge in [-0.05, 0) is 25.2 Å². The van der Waals surface area contributed by atoms with Crippen molar-refractivity contribution in [1.82, 2.24) is 14.8 Å². The van der Waals surface area contributed by atoms with Gasteiger partial charge in [-0.25, -0.2) is 0 Å². The lowest BCUT2D eigenvalue weighted by atomic mass is 9.88. The second-order valence-corrected chi connectivity index (χ2v) is 8.08. The molecule has 0 aliphatic carbocycles. The summed E-state index contributed by atoms with van der Waals surface area (Å²) in [5.41, 5.74) is 0.497. The van der Waals surface area contributed by atoms with Gasteiger partial charge in [0.1, 0.15) is 11.3 Å². The van der Waals surface area contributed by atoms with Crippen molar-refractivity contribution in [2.75, 3.05) is 54.0 Å². The van der Waals surface area contributed by atoms with Crippen molar-refractivity contribution in [2.45, 2.75) is 0 Å². The van der Waals surface area contributed by atoms with Gasteiger partial charge in [0.25, 0.3) is 0 Å². The number of carbonyl (C=O) groups excluding carboxylic acids is 2. The summed E-state index contributed by atoms with van der Waals surface area (Å²) in [4.78, 5) is 35.8. The standard InChI is InChI=1S/C24H27N3O6/c1-26-8-10-27(11-9-26)14-17(19(28)15-5-4-7-25-13-15)20(29)18-21(30)24(32-3)23-16(6-12-33-23)22(18)31-2/h4-7,12-13,17,30H,8-11,14H2,1-3H3. The summed E-state index contributed by atoms with van der Waals surface area (Å²) in [5.74, 6) is -2.22. The number of nitrogens with zero attached hydrogens (tertiary/aromatic N) is 3. The van der Waals surface area contributed by atoms with Crippen molar-refractivity contribution < 1.29 is 28.6 Å². The maximum atomic E-state index is 13.9. The van der Waals surface area contributed by atoms with Gasteiger partial charge >= 0.3 is 0 Å². The van der Waals surface area contributed by atoms with E-state index in [0.29, 0.717) is 10.9 Å². The van der Waals surface area contributed by atoms with Crippen LogP contribution in [0.1, 0.15) is 20.7 Å². The number of benzene rings is 1. The highest BCUT2D eigenvalue weighted by molar-refractivity contribution is 6.20. The van der Waals surface area contributed by atoms with Crippen LogP contribution in [0.25, 0.3) is 11.0 Å². The van der Waals surface area contributed by atoms with Crippen molar-refractivity contribution in [2.24, 2.45) is 5.92 Å². The topological polar surface area (TPSA) is 105 Å². The minimum absolute atomic E-state index is 0.0197. The molecule has 2 aromatic heterocycles. The Balaban J connectivity index is 1.80. The molecule has 0 amide bonds. The summed E-state index contributed by atoms with van der Waals surface area (Å²) in [6.07, 6.45) is 4.44. The number of ketones is 2. The molecule has 1 atom stereocenters. The number of Topliss-reactive ketones (excluding diaryl/α,β-unsaturated/α-hetero) is 2. The van der Waals surface area contributed by atoms with Gasteiger partial charge in [0, 0.05) is 50.7 Å². The van der Waals surface area contributed by atoms with Gasteiger partial charge in [0.15, 0.2) is 22.9 Å². The van der Waals surface area contributed by atoms with Crippen LogP contribution in [0, 0.1) is 5.92 Å². The molecule has 1 N–H and O–H groups in total. The summed E-state index contributed by atoms with van der Waals surface area (Å²) >= 11 is 0. The third kappa shape index (κ3) is 4.29. The van der Waals surface area contributed by atoms with E-state index in [2.05, 4.69) is 14.8 Å². The number of pyridine rings is 1. The number of rotatable bonds is 8. The second-order valence-electron chi connectivity index (χ2n) is 8.08. The molecule has 33 heavy (non-hydrogen) atoms. The van der Waals surface area contributed by atoms with E-state index in [1.165, 1.54) is 26.7 Å². The number of furan rings is 1. The fraction of sp³-hybridized carbons (Fsp3) is 0.375. The summed E-state index contributed by atoms with van der Waals surface area (Å²) < 4.78 is 16.3. The van der Waals surface area contributed by atoms with E-state index in [0.717, 1.165) is 26.2 Å². The zero-order valence-corrected chi connectivity index (χ0v) is 18.9. The largest absolute Gasteiger partial charge is 0.504 e. The number of methoxy groups -OCH3 is 2. The minimum atomic E-state index is -1.06. The first-order valence-corrected chi connectivity index (χ1v) is 10.7. The van der Waals surface area contributed by atoms with Crippen LogP contribution in [0.2, 0.25) is 0 Å². The molecule has 1 saturated heterocycles. The first-order chi connectivity index (χ1) is 16.0. The summed E-state index contributed by atoms with van der Waals surface area (Å²) in [7, 11) is 4.82. The molecule has 1 aliphatic rings. The molecule has 0 bridgehead atoms. The minimum Gasteiger partial charge on any atom is -0.504 e. The van der Waals surface area contributed by atoms with Crippen LogP contribution in [-0.4, -0.2) is 85.4 Å². The quantitative estimate of drug-likeness (QED) is 0.407. The predicted octanol–water partition coefficient (Wildman–Crippen LogP) is 2.48. The van der Waals surface area contributed by atoms with Gasteiger partial charge in [-0.15, -0.1) is 0 Å². The fourth-order valence-electron chi connectivity index (χ4n) is 4.21. The van der Waals surface area contributed by atoms with Gasteiger partial charge in [-0.3, -0.25) is 19.5 Å². The molecule has 1 aliphatic heterocycles. The number of carbonyl (C=O) groups is 2. The number of aromatic nitrogens is 1. The Hall–Kier alpha value is -3.43. The van der Waals surface area contributed by atoms with E-state index in [1.807, 2.05) is 7.05 Å². The number of piperazine rings is 1. The highest BCUT2D eigenvalue weighted by atomic mass is 16.5. The van der Waals surface area contributed by atoms with Gasteiger partial charge < -0.3 is 23.9 Å². The van der Waals surface area contributed by atoms with Crippen LogP contribution >= 0.6 is 0 Å². The lowest BCUT2D eigenvalue weighted by Gasteiger charge is -2.34. The van der Waals surface area contributed by atoms with E-state index in [4.69, 9.17) is 13.9 Å². The molecular weight excluding hydrogens is 426 g/mol. The SMILES string of the molecule is COc1c(C(=O)C(CN2CCN(C)CC2)C(=O)c2cccnc2)c(O)c(OC)c2occc12. The van der Waals surface area contributed by atoms with Crippen LogP contribution in [-0.2, 0) is 0 Å². The Bertz CT molecular complexity index is 1150. The smallest absolute Gasteiger partial charge is 0.205 e. The van der Waals surface area contributed by atoms with Crippen molar-refractivity contribution in [3.8, 4) is 17.2 Å². The molecule has 3 aromatic rings. The predicted molar refractivity (Wildman–Crippen MR) is 121 cm³/mol. The normalized spacial score (nSPS) is 16.0. The molecular formula is C24H27N3O6. The first-order valence-electron chi connectivity index (χ1n) is 10.7. The molecule has 0 saturated carbocycles. The zero-order valence-electron chi connectivity index (χ0n) is 18.9. The number of likely N-dealkylation sites (N-methyl/N-ethyl adjacent to an activating group) is 1. The van der Waals surface area contributed by atoms with Gasteiger partial charge in [0.2, 0.25) is 5.75 Å². The molecule has 4 rings (SSSR count). The molecule has 1 aromatic carbocycles. The Labute approximate surface area is 191 Å². The zero-order chi connectivity index (χ0) is 23.5. The number of aromatic hydroxyl groups is 1. The van der Waals surface area contributed by atoms with Gasteiger partial charge in [0.05, 0.1) is 31.8 Å². The van der Waals surface area contributed by atoms with Gasteiger partial charge in [-0.2, -0.15) is 0 Å². The van der Waals surface area contributed by atoms with E-state index >= 15 is 0 Å². The third-order valence-corrected chi connectivity index (χ3v) is 6.07. The average Bonchev–Trinajstić information content (AvgIpc) is 3.32. The van der Waals surface area contributed by atoms with Gasteiger partial charge in [-0.1, -0.05) is 0 Å². The maximum Gasteiger partial charge on any atom is 0.205 e. The number of phenols is 1. The highest BCUT2D eigenvalue weighted by Gasteiger charge is 2.37. The Morgan fingerprint density at radius 1 is 1.12 bits per heavy atom. The molecule has 0 radical (unpaired) electrons. The van der Waals surface area contributed by atoms with E-state index in [-0.39, 0.29) is 35.0 Å². The monoisotopic (exact) mass is 453 g/mol. The maximum absolute atomic E-state index is 13.9. The Morgan fingerprint density at radius 3 is 2.48 bits per heavy atom. The first kappa shape index (κ1) is 22.8. The number of hydrogen-bond acceptors (Lipinski definition) is 9. The van der Waals surface area contributed by atoms with Crippen LogP contribution in [0.5, 0.6) is 17.2 Å². The third-order valence-electron chi connectivity index (χ3n) is 6.07. The fourth-order valence-corrected chi connectivity index (χ4v) is 4.21. The lowest BCUT2D eigenvalue weighted by molar-refractivity contribution is 0.0720. The molecule has 1 unspecified atom stereocenters. The highest BCUT2D eigenvalue weighted by Crippen LogP contribution is 2.46. The lowest BCUT2D eigenvalue weighted by Crippen LogP contribution is -2.48. The Morgan fingerprint density at radius 2 is 1.85 bits per heavy atom. The van der Waals surface area contributed by atoms with Crippen LogP contribution < -0.4 is 9.47 Å². The van der Waals surface area contributed by atoms with Crippen molar-refractivity contribution in [3.63, 3.8) is 0 Å². The second kappa shape index (κ2) is 9.60. The Kier molecular flexibility index (Phi) is 6.62. The summed E-state index contributed by atoms with van der Waals surface area (Å²) in [6.45, 7) is 3.35. The van der Waals surface area contributed by atoms with Crippen molar-refractivity contribution >= 4 is 22.5 Å². The van der Waals surface area contributed by atoms with Crippen LogP contribution in [0.15, 0.2) is 41.3 Å². The summed E-state index contributed by atoms with van der Waals surface area (Å²) in [5, 5.41) is 11.5. The van der Waals surface area contributed by atoms with Crippen molar-refractivity contribution in [1.29, 1.82) is 0 Å². The van der Waals surface area contributed by atoms with E-state index < -0.39 is 17.5 Å². The molecule has 9 nitrogen and oxygen atoms in total. The number of hydrogen-bond donors (Lipinski definition) is 1. The van der Waals surface area contributed by atoms with E-state index in [1.54, 1.807) is 24.4 Å². The molecule has 174 valence electrons. The number of fused-ring (bicyclic) bond motifs is 1. The number of ether oxygens (including phenoxy) is 2. The van der Waals surface area contributed by atoms with Crippen molar-refractivity contribution in [3.05, 3.63) is 48.0 Å². The number of phenolic OH excluding ortho intramolecular Hbond substituents is 1. The summed E-state index contributed by atoms with van der Waals surface area (Å²) in [6, 6.07) is 4.92.